The summed E-state index contributed by atoms with van der Waals surface area (Å²) in [6.45, 7) is 2.00. The highest BCUT2D eigenvalue weighted by Crippen LogP contribution is 2.44. The van der Waals surface area contributed by atoms with Crippen LogP contribution in [0.4, 0.5) is 4.79 Å². The molecule has 0 bridgehead atoms. The number of aliphatic hydroxyl groups excluding tert-OH is 1. The lowest BCUT2D eigenvalue weighted by atomic mass is 9.79. The predicted molar refractivity (Wildman–Crippen MR) is 127 cm³/mol. The van der Waals surface area contributed by atoms with Crippen molar-refractivity contribution in [2.75, 3.05) is 26.4 Å². The van der Waals surface area contributed by atoms with E-state index in [0.29, 0.717) is 26.1 Å². The number of hydrogen-bond acceptors (Lipinski definition) is 6. The predicted octanol–water partition coefficient (Wildman–Crippen LogP) is 2.27. The summed E-state index contributed by atoms with van der Waals surface area (Å²) in [7, 11) is 0. The molecule has 4 N–H and O–H groups in total. The number of rotatable bonds is 8. The van der Waals surface area contributed by atoms with Crippen LogP contribution in [-0.4, -0.2) is 66.7 Å². The number of ether oxygens (including phenoxy) is 2. The molecule has 1 heterocycles. The summed E-state index contributed by atoms with van der Waals surface area (Å²) in [5.41, 5.74) is 3.38. The van der Waals surface area contributed by atoms with Crippen molar-refractivity contribution in [1.82, 2.24) is 10.6 Å². The van der Waals surface area contributed by atoms with Crippen molar-refractivity contribution in [3.05, 3.63) is 59.7 Å². The summed E-state index contributed by atoms with van der Waals surface area (Å²) in [5.74, 6) is -1.97. The van der Waals surface area contributed by atoms with Gasteiger partial charge in [0.25, 0.3) is 0 Å². The van der Waals surface area contributed by atoms with Gasteiger partial charge in [-0.15, -0.1) is 0 Å². The molecule has 2 aliphatic rings. The Labute approximate surface area is 203 Å². The average molecular weight is 483 g/mol. The molecule has 4 rings (SSSR count). The molecular formula is C26H30N2O7. The molecule has 2 amide bonds. The van der Waals surface area contributed by atoms with Crippen molar-refractivity contribution >= 4 is 18.0 Å². The van der Waals surface area contributed by atoms with Gasteiger partial charge in [0.1, 0.15) is 6.61 Å². The van der Waals surface area contributed by atoms with Gasteiger partial charge < -0.3 is 30.3 Å². The van der Waals surface area contributed by atoms with Crippen molar-refractivity contribution < 1.29 is 34.1 Å². The van der Waals surface area contributed by atoms with Gasteiger partial charge in [-0.25, -0.2) is 9.59 Å². The molecule has 2 unspecified atom stereocenters. The zero-order chi connectivity index (χ0) is 25.0. The quantitative estimate of drug-likeness (QED) is 0.453. The normalized spacial score (nSPS) is 18.0. The number of carbonyl (C=O) groups is 3. The number of alkyl carbamates (subject to hydrolysis) is 1. The summed E-state index contributed by atoms with van der Waals surface area (Å²) in [4.78, 5) is 37.1. The Balaban J connectivity index is 1.40. The van der Waals surface area contributed by atoms with Gasteiger partial charge in [0.15, 0.2) is 6.04 Å². The standard InChI is InChI=1S/C26H30N2O7/c1-16(29)22(23(30)31)28-24(32)26(10-12-34-13-11-26)15-27-25(33)35-14-21-19-8-4-2-6-17(19)18-7-3-5-9-20(18)21/h2-9,16,21-22,29H,10-15H2,1H3,(H,27,33)(H,28,32)(H,30,31). The molecule has 0 aromatic heterocycles. The van der Waals surface area contributed by atoms with E-state index in [2.05, 4.69) is 22.8 Å². The highest BCUT2D eigenvalue weighted by molar-refractivity contribution is 5.88. The zero-order valence-electron chi connectivity index (χ0n) is 19.5. The number of benzene rings is 2. The molecule has 1 aliphatic heterocycles. The molecule has 0 saturated carbocycles. The van der Waals surface area contributed by atoms with Gasteiger partial charge >= 0.3 is 12.1 Å². The molecule has 9 nitrogen and oxygen atoms in total. The Morgan fingerprint density at radius 2 is 1.63 bits per heavy atom. The Morgan fingerprint density at radius 1 is 1.06 bits per heavy atom. The molecule has 0 radical (unpaired) electrons. The fourth-order valence-corrected chi connectivity index (χ4v) is 4.82. The molecule has 0 spiro atoms. The fraction of sp³-hybridized carbons (Fsp3) is 0.423. The van der Waals surface area contributed by atoms with Crippen molar-refractivity contribution in [2.45, 2.75) is 37.8 Å². The van der Waals surface area contributed by atoms with Gasteiger partial charge in [0.05, 0.1) is 11.5 Å². The van der Waals surface area contributed by atoms with Crippen LogP contribution in [0.15, 0.2) is 48.5 Å². The van der Waals surface area contributed by atoms with E-state index in [-0.39, 0.29) is 19.1 Å². The Hall–Kier alpha value is -3.43. The third-order valence-electron chi connectivity index (χ3n) is 6.88. The molecule has 9 heteroatoms. The largest absolute Gasteiger partial charge is 0.480 e. The highest BCUT2D eigenvalue weighted by Gasteiger charge is 2.42. The van der Waals surface area contributed by atoms with E-state index in [4.69, 9.17) is 9.47 Å². The number of amides is 2. The second kappa shape index (κ2) is 10.5. The summed E-state index contributed by atoms with van der Waals surface area (Å²) < 4.78 is 10.9. The van der Waals surface area contributed by atoms with E-state index in [1.54, 1.807) is 0 Å². The third-order valence-corrected chi connectivity index (χ3v) is 6.88. The van der Waals surface area contributed by atoms with Crippen molar-refractivity contribution in [1.29, 1.82) is 0 Å². The van der Waals surface area contributed by atoms with Crippen LogP contribution in [-0.2, 0) is 19.1 Å². The summed E-state index contributed by atoms with van der Waals surface area (Å²) in [5, 5.41) is 24.2. The molecule has 1 aliphatic carbocycles. The maximum absolute atomic E-state index is 13.1. The lowest BCUT2D eigenvalue weighted by Gasteiger charge is -2.36. The maximum Gasteiger partial charge on any atom is 0.407 e. The van der Waals surface area contributed by atoms with E-state index in [0.717, 1.165) is 22.3 Å². The minimum absolute atomic E-state index is 0.0367. The van der Waals surface area contributed by atoms with Gasteiger partial charge in [0.2, 0.25) is 5.91 Å². The minimum Gasteiger partial charge on any atom is -0.480 e. The molecule has 1 fully saturated rings. The molecule has 186 valence electrons. The van der Waals surface area contributed by atoms with Crippen LogP contribution in [0.5, 0.6) is 0 Å². The van der Waals surface area contributed by atoms with Crippen LogP contribution in [0.1, 0.15) is 36.8 Å². The molecule has 2 aromatic carbocycles. The smallest absolute Gasteiger partial charge is 0.407 e. The average Bonchev–Trinajstić information content (AvgIpc) is 3.18. The Morgan fingerprint density at radius 3 is 2.17 bits per heavy atom. The number of aliphatic carboxylic acids is 1. The fourth-order valence-electron chi connectivity index (χ4n) is 4.82. The van der Waals surface area contributed by atoms with E-state index < -0.39 is 35.5 Å². The van der Waals surface area contributed by atoms with E-state index in [1.807, 2.05) is 36.4 Å². The monoisotopic (exact) mass is 482 g/mol. The zero-order valence-corrected chi connectivity index (χ0v) is 19.5. The van der Waals surface area contributed by atoms with Crippen LogP contribution in [0, 0.1) is 5.41 Å². The number of carboxylic acids is 1. The van der Waals surface area contributed by atoms with Crippen LogP contribution in [0.3, 0.4) is 0 Å². The SMILES string of the molecule is CC(O)C(NC(=O)C1(CNC(=O)OCC2c3ccccc3-c3ccccc32)CCOCC1)C(=O)O. The first-order chi connectivity index (χ1) is 16.8. The topological polar surface area (TPSA) is 134 Å². The van der Waals surface area contributed by atoms with Crippen LogP contribution in [0.2, 0.25) is 0 Å². The van der Waals surface area contributed by atoms with Crippen LogP contribution >= 0.6 is 0 Å². The van der Waals surface area contributed by atoms with Crippen molar-refractivity contribution in [3.63, 3.8) is 0 Å². The molecule has 35 heavy (non-hydrogen) atoms. The van der Waals surface area contributed by atoms with E-state index in [9.17, 15) is 24.6 Å². The number of fused-ring (bicyclic) bond motifs is 3. The first kappa shape index (κ1) is 24.7. The summed E-state index contributed by atoms with van der Waals surface area (Å²) in [6.07, 6.45) is -1.33. The number of aliphatic hydroxyl groups is 1. The van der Waals surface area contributed by atoms with Crippen molar-refractivity contribution in [3.8, 4) is 11.1 Å². The minimum atomic E-state index is -1.45. The first-order valence-electron chi connectivity index (χ1n) is 11.7. The Bertz CT molecular complexity index is 1050. The summed E-state index contributed by atoms with van der Waals surface area (Å²) in [6, 6.07) is 14.6. The van der Waals surface area contributed by atoms with Gasteiger partial charge in [-0.3, -0.25) is 4.79 Å². The van der Waals surface area contributed by atoms with E-state index >= 15 is 0 Å². The number of carboxylic acid groups (broad SMARTS) is 1. The highest BCUT2D eigenvalue weighted by atomic mass is 16.5. The Kier molecular flexibility index (Phi) is 7.37. The number of carbonyl (C=O) groups excluding carboxylic acids is 2. The van der Waals surface area contributed by atoms with Gasteiger partial charge in [-0.1, -0.05) is 48.5 Å². The first-order valence-corrected chi connectivity index (χ1v) is 11.7. The molecule has 2 aromatic rings. The number of nitrogens with one attached hydrogen (secondary N) is 2. The third kappa shape index (κ3) is 5.16. The van der Waals surface area contributed by atoms with E-state index in [1.165, 1.54) is 6.92 Å². The molecular weight excluding hydrogens is 452 g/mol. The lowest BCUT2D eigenvalue weighted by molar-refractivity contribution is -0.148. The van der Waals surface area contributed by atoms with Gasteiger partial charge in [0, 0.05) is 25.7 Å². The molecule has 1 saturated heterocycles. The van der Waals surface area contributed by atoms with Crippen molar-refractivity contribution in [2.24, 2.45) is 5.41 Å². The molecule has 2 atom stereocenters. The maximum atomic E-state index is 13.1. The second-order valence-corrected chi connectivity index (χ2v) is 9.10. The van der Waals surface area contributed by atoms with Crippen LogP contribution < -0.4 is 10.6 Å². The number of hydrogen-bond donors (Lipinski definition) is 4. The summed E-state index contributed by atoms with van der Waals surface area (Å²) >= 11 is 0. The van der Waals surface area contributed by atoms with Gasteiger partial charge in [-0.2, -0.15) is 0 Å². The van der Waals surface area contributed by atoms with Gasteiger partial charge in [-0.05, 0) is 42.0 Å². The second-order valence-electron chi connectivity index (χ2n) is 9.10. The lowest BCUT2D eigenvalue weighted by Crippen LogP contribution is -2.57. The van der Waals surface area contributed by atoms with Crippen LogP contribution in [0.25, 0.3) is 11.1 Å².